The van der Waals surface area contributed by atoms with Crippen LogP contribution in [0, 0.1) is 18.8 Å². The lowest BCUT2D eigenvalue weighted by Crippen LogP contribution is -2.28. The molecule has 20 heavy (non-hydrogen) atoms. The summed E-state index contributed by atoms with van der Waals surface area (Å²) in [5, 5.41) is 1.31. The third-order valence-corrected chi connectivity index (χ3v) is 6.02. The number of para-hydroxylation sites is 1. The van der Waals surface area contributed by atoms with E-state index in [0.717, 1.165) is 11.8 Å². The maximum absolute atomic E-state index is 5.05. The lowest BCUT2D eigenvalue weighted by atomic mass is 9.74. The largest absolute Gasteiger partial charge is 0.252 e. The van der Waals surface area contributed by atoms with E-state index < -0.39 is 0 Å². The van der Waals surface area contributed by atoms with E-state index >= 15 is 0 Å². The predicted molar refractivity (Wildman–Crippen MR) is 83.9 cm³/mol. The number of hydrogen-bond donors (Lipinski definition) is 0. The zero-order valence-corrected chi connectivity index (χ0v) is 12.5. The standard InChI is InChI=1S/C19H23N/c1-13-12-18(20-17-9-4-3-7-15(13)17)19(2)11-10-14-6-5-8-16(14)19/h3-4,7,9,12,14,16H,5-6,8,10-11H2,1-2H3/t14-,16-,19-/m1/s1. The van der Waals surface area contributed by atoms with Crippen LogP contribution in [-0.4, -0.2) is 4.98 Å². The first-order valence-electron chi connectivity index (χ1n) is 8.05. The quantitative estimate of drug-likeness (QED) is 0.706. The van der Waals surface area contributed by atoms with Crippen LogP contribution in [0.4, 0.5) is 0 Å². The van der Waals surface area contributed by atoms with E-state index in [1.807, 2.05) is 0 Å². The zero-order chi connectivity index (χ0) is 13.7. The van der Waals surface area contributed by atoms with Crippen LogP contribution in [0.2, 0.25) is 0 Å². The van der Waals surface area contributed by atoms with Gasteiger partial charge in [0.15, 0.2) is 0 Å². The van der Waals surface area contributed by atoms with Gasteiger partial charge in [0.25, 0.3) is 0 Å². The Morgan fingerprint density at radius 1 is 1.15 bits per heavy atom. The summed E-state index contributed by atoms with van der Waals surface area (Å²) in [6.07, 6.45) is 7.03. The Morgan fingerprint density at radius 3 is 2.90 bits per heavy atom. The normalized spacial score (nSPS) is 32.7. The summed E-state index contributed by atoms with van der Waals surface area (Å²) in [5.41, 5.74) is 4.22. The molecule has 2 aromatic rings. The molecule has 2 saturated carbocycles. The molecular formula is C19H23N. The van der Waals surface area contributed by atoms with Crippen LogP contribution in [0.1, 0.15) is 50.3 Å². The Balaban J connectivity index is 1.86. The van der Waals surface area contributed by atoms with E-state index in [2.05, 4.69) is 44.2 Å². The molecule has 1 aromatic heterocycles. The molecule has 0 unspecified atom stereocenters. The zero-order valence-electron chi connectivity index (χ0n) is 12.5. The second-order valence-electron chi connectivity index (χ2n) is 7.10. The van der Waals surface area contributed by atoms with Crippen molar-refractivity contribution in [1.82, 2.24) is 4.98 Å². The van der Waals surface area contributed by atoms with Crippen LogP contribution in [0.5, 0.6) is 0 Å². The van der Waals surface area contributed by atoms with Gasteiger partial charge in [0.1, 0.15) is 0 Å². The smallest absolute Gasteiger partial charge is 0.0708 e. The van der Waals surface area contributed by atoms with Gasteiger partial charge in [-0.1, -0.05) is 38.0 Å². The first kappa shape index (κ1) is 12.4. The van der Waals surface area contributed by atoms with Crippen molar-refractivity contribution >= 4 is 10.9 Å². The Bertz CT molecular complexity index is 660. The summed E-state index contributed by atoms with van der Waals surface area (Å²) in [6.45, 7) is 4.71. The van der Waals surface area contributed by atoms with Crippen LogP contribution in [-0.2, 0) is 5.41 Å². The maximum atomic E-state index is 5.05. The molecule has 0 N–H and O–H groups in total. The second kappa shape index (κ2) is 4.31. The Kier molecular flexibility index (Phi) is 2.67. The minimum atomic E-state index is 0.315. The van der Waals surface area contributed by atoms with Gasteiger partial charge >= 0.3 is 0 Å². The van der Waals surface area contributed by atoms with Crippen molar-refractivity contribution in [3.63, 3.8) is 0 Å². The van der Waals surface area contributed by atoms with E-state index in [4.69, 9.17) is 4.98 Å². The minimum Gasteiger partial charge on any atom is -0.252 e. The minimum absolute atomic E-state index is 0.315. The summed E-state index contributed by atoms with van der Waals surface area (Å²) in [7, 11) is 0. The monoisotopic (exact) mass is 265 g/mol. The lowest BCUT2D eigenvalue weighted by molar-refractivity contribution is 0.309. The Labute approximate surface area is 121 Å². The Morgan fingerprint density at radius 2 is 2.00 bits per heavy atom. The molecule has 3 atom stereocenters. The summed E-state index contributed by atoms with van der Waals surface area (Å²) in [4.78, 5) is 5.05. The SMILES string of the molecule is Cc1cc([C@]2(C)CC[C@H]3CCC[C@H]32)nc2ccccc12. The van der Waals surface area contributed by atoms with Crippen LogP contribution >= 0.6 is 0 Å². The van der Waals surface area contributed by atoms with Crippen molar-refractivity contribution in [3.05, 3.63) is 41.6 Å². The van der Waals surface area contributed by atoms with Crippen molar-refractivity contribution in [2.45, 2.75) is 51.4 Å². The van der Waals surface area contributed by atoms with Gasteiger partial charge in [-0.3, -0.25) is 4.98 Å². The first-order chi connectivity index (χ1) is 9.68. The number of nitrogens with zero attached hydrogens (tertiary/aromatic N) is 1. The van der Waals surface area contributed by atoms with Crippen molar-refractivity contribution in [2.75, 3.05) is 0 Å². The summed E-state index contributed by atoms with van der Waals surface area (Å²) >= 11 is 0. The fourth-order valence-corrected chi connectivity index (χ4v) is 4.85. The molecule has 0 bridgehead atoms. The molecule has 2 fully saturated rings. The van der Waals surface area contributed by atoms with Crippen LogP contribution in [0.3, 0.4) is 0 Å². The number of hydrogen-bond acceptors (Lipinski definition) is 1. The van der Waals surface area contributed by atoms with Crippen LogP contribution in [0.25, 0.3) is 10.9 Å². The highest BCUT2D eigenvalue weighted by Gasteiger charge is 2.48. The van der Waals surface area contributed by atoms with Gasteiger partial charge in [-0.25, -0.2) is 0 Å². The average Bonchev–Trinajstić information content (AvgIpc) is 3.04. The number of fused-ring (bicyclic) bond motifs is 2. The molecule has 2 aliphatic carbocycles. The first-order valence-corrected chi connectivity index (χ1v) is 8.05. The molecule has 1 nitrogen and oxygen atoms in total. The van der Waals surface area contributed by atoms with E-state index in [-0.39, 0.29) is 0 Å². The van der Waals surface area contributed by atoms with Gasteiger partial charge in [-0.2, -0.15) is 0 Å². The molecular weight excluding hydrogens is 242 g/mol. The van der Waals surface area contributed by atoms with Gasteiger partial charge in [0.05, 0.1) is 5.52 Å². The molecule has 0 amide bonds. The fourth-order valence-electron chi connectivity index (χ4n) is 4.85. The third-order valence-electron chi connectivity index (χ3n) is 6.02. The second-order valence-corrected chi connectivity index (χ2v) is 7.10. The van der Waals surface area contributed by atoms with Crippen LogP contribution in [0.15, 0.2) is 30.3 Å². The highest BCUT2D eigenvalue weighted by Crippen LogP contribution is 2.55. The number of aromatic nitrogens is 1. The predicted octanol–water partition coefficient (Wildman–Crippen LogP) is 5.01. The van der Waals surface area contributed by atoms with Gasteiger partial charge in [-0.15, -0.1) is 0 Å². The van der Waals surface area contributed by atoms with Crippen molar-refractivity contribution in [3.8, 4) is 0 Å². The molecule has 1 heteroatoms. The summed E-state index contributed by atoms with van der Waals surface area (Å²) in [5.74, 6) is 1.84. The maximum Gasteiger partial charge on any atom is 0.0708 e. The fraction of sp³-hybridized carbons (Fsp3) is 0.526. The topological polar surface area (TPSA) is 12.9 Å². The van der Waals surface area contributed by atoms with Crippen molar-refractivity contribution in [1.29, 1.82) is 0 Å². The number of aryl methyl sites for hydroxylation is 1. The average molecular weight is 265 g/mol. The van der Waals surface area contributed by atoms with Gasteiger partial charge in [-0.05, 0) is 55.7 Å². The molecule has 1 aromatic carbocycles. The third kappa shape index (κ3) is 1.65. The van der Waals surface area contributed by atoms with E-state index in [1.165, 1.54) is 54.3 Å². The molecule has 104 valence electrons. The highest BCUT2D eigenvalue weighted by molar-refractivity contribution is 5.82. The molecule has 0 radical (unpaired) electrons. The number of rotatable bonds is 1. The van der Waals surface area contributed by atoms with Gasteiger partial charge in [0.2, 0.25) is 0 Å². The van der Waals surface area contributed by atoms with Crippen molar-refractivity contribution < 1.29 is 0 Å². The van der Waals surface area contributed by atoms with Crippen LogP contribution < -0.4 is 0 Å². The van der Waals surface area contributed by atoms with E-state index in [9.17, 15) is 0 Å². The van der Waals surface area contributed by atoms with Gasteiger partial charge < -0.3 is 0 Å². The number of benzene rings is 1. The Hall–Kier alpha value is -1.37. The molecule has 0 saturated heterocycles. The van der Waals surface area contributed by atoms with Crippen molar-refractivity contribution in [2.24, 2.45) is 11.8 Å². The molecule has 1 heterocycles. The highest BCUT2D eigenvalue weighted by atomic mass is 14.7. The molecule has 0 spiro atoms. The van der Waals surface area contributed by atoms with E-state index in [0.29, 0.717) is 5.41 Å². The summed E-state index contributed by atoms with van der Waals surface area (Å²) in [6, 6.07) is 10.9. The molecule has 2 aliphatic rings. The molecule has 4 rings (SSSR count). The van der Waals surface area contributed by atoms with Gasteiger partial charge in [0, 0.05) is 16.5 Å². The molecule has 0 aliphatic heterocycles. The lowest BCUT2D eigenvalue weighted by Gasteiger charge is -2.31. The number of pyridine rings is 1. The van der Waals surface area contributed by atoms with E-state index in [1.54, 1.807) is 0 Å². The summed E-state index contributed by atoms with van der Waals surface area (Å²) < 4.78 is 0.